The van der Waals surface area contributed by atoms with Crippen LogP contribution in [0.15, 0.2) is 58.9 Å². The van der Waals surface area contributed by atoms with Crippen LogP contribution in [0.2, 0.25) is 0 Å². The third-order valence-electron chi connectivity index (χ3n) is 3.33. The highest BCUT2D eigenvalue weighted by Gasteiger charge is 2.30. The van der Waals surface area contributed by atoms with Gasteiger partial charge in [0.1, 0.15) is 0 Å². The van der Waals surface area contributed by atoms with E-state index < -0.39 is 17.6 Å². The van der Waals surface area contributed by atoms with Crippen molar-refractivity contribution in [3.63, 3.8) is 0 Å². The minimum Gasteiger partial charge on any atom is -0.325 e. The monoisotopic (exact) mass is 427 g/mol. The number of thioether (sulfide) groups is 1. The van der Waals surface area contributed by atoms with Crippen molar-refractivity contribution in [2.45, 2.75) is 10.5 Å². The van der Waals surface area contributed by atoms with Crippen molar-refractivity contribution in [1.82, 2.24) is 9.78 Å². The largest absolute Gasteiger partial charge is 0.416 e. The number of para-hydroxylation sites is 1. The van der Waals surface area contributed by atoms with E-state index in [2.05, 4.69) is 10.4 Å². The van der Waals surface area contributed by atoms with Crippen LogP contribution in [0, 0.1) is 3.95 Å². The molecule has 1 aromatic heterocycles. The standard InChI is InChI=1S/C17H12F3N3OS3/c18-17(19,20)11-5-4-6-12(9-11)21-14(24)10-26-15-22-23(16(25)27-15)13-7-2-1-3-8-13/h1-9H,10H2,(H,21,24). The zero-order chi connectivity index (χ0) is 19.4. The van der Waals surface area contributed by atoms with Crippen molar-refractivity contribution in [2.75, 3.05) is 11.1 Å². The van der Waals surface area contributed by atoms with Crippen molar-refractivity contribution in [3.8, 4) is 5.69 Å². The second kappa shape index (κ2) is 8.24. The maximum atomic E-state index is 12.7. The number of hydrogen-bond acceptors (Lipinski definition) is 5. The molecule has 1 heterocycles. The first-order valence-electron chi connectivity index (χ1n) is 7.58. The van der Waals surface area contributed by atoms with E-state index in [1.807, 2.05) is 30.3 Å². The topological polar surface area (TPSA) is 46.9 Å². The van der Waals surface area contributed by atoms with Gasteiger partial charge in [-0.15, -0.1) is 5.10 Å². The molecule has 10 heteroatoms. The summed E-state index contributed by atoms with van der Waals surface area (Å²) in [6, 6.07) is 13.9. The molecule has 0 atom stereocenters. The highest BCUT2D eigenvalue weighted by Crippen LogP contribution is 2.31. The average Bonchev–Trinajstić information content (AvgIpc) is 3.01. The molecule has 0 aliphatic carbocycles. The molecule has 0 spiro atoms. The molecular formula is C17H12F3N3OS3. The van der Waals surface area contributed by atoms with Crippen molar-refractivity contribution in [1.29, 1.82) is 0 Å². The van der Waals surface area contributed by atoms with Gasteiger partial charge in [-0.25, -0.2) is 4.68 Å². The molecule has 0 aliphatic heterocycles. The van der Waals surface area contributed by atoms with Crippen molar-refractivity contribution in [3.05, 3.63) is 64.1 Å². The van der Waals surface area contributed by atoms with Gasteiger partial charge in [0.15, 0.2) is 8.29 Å². The molecule has 4 nitrogen and oxygen atoms in total. The first-order valence-corrected chi connectivity index (χ1v) is 9.79. The van der Waals surface area contributed by atoms with Crippen LogP contribution >= 0.6 is 35.3 Å². The zero-order valence-electron chi connectivity index (χ0n) is 13.6. The Kier molecular flexibility index (Phi) is 5.98. The molecular weight excluding hydrogens is 415 g/mol. The predicted octanol–water partition coefficient (Wildman–Crippen LogP) is 5.41. The van der Waals surface area contributed by atoms with Crippen molar-refractivity contribution >= 4 is 46.9 Å². The lowest BCUT2D eigenvalue weighted by molar-refractivity contribution is -0.137. The number of hydrogen-bond donors (Lipinski definition) is 1. The van der Waals surface area contributed by atoms with Crippen LogP contribution in [0.1, 0.15) is 5.56 Å². The normalized spacial score (nSPS) is 11.4. The van der Waals surface area contributed by atoms with Gasteiger partial charge in [-0.05, 0) is 42.5 Å². The van der Waals surface area contributed by atoms with Gasteiger partial charge in [0.2, 0.25) is 5.91 Å². The smallest absolute Gasteiger partial charge is 0.325 e. The Labute approximate surface area is 166 Å². The lowest BCUT2D eigenvalue weighted by atomic mass is 10.2. The number of benzene rings is 2. The predicted molar refractivity (Wildman–Crippen MR) is 103 cm³/mol. The average molecular weight is 427 g/mol. The van der Waals surface area contributed by atoms with E-state index in [-0.39, 0.29) is 11.4 Å². The molecule has 0 unspecified atom stereocenters. The van der Waals surface area contributed by atoms with E-state index in [4.69, 9.17) is 12.2 Å². The number of alkyl halides is 3. The van der Waals surface area contributed by atoms with Gasteiger partial charge in [-0.1, -0.05) is 47.4 Å². The molecule has 2 aromatic carbocycles. The summed E-state index contributed by atoms with van der Waals surface area (Å²) in [5, 5.41) is 6.83. The first kappa shape index (κ1) is 19.6. The maximum absolute atomic E-state index is 12.7. The Bertz CT molecular complexity index is 1000. The van der Waals surface area contributed by atoms with Gasteiger partial charge < -0.3 is 5.32 Å². The number of aromatic nitrogens is 2. The molecule has 0 saturated heterocycles. The van der Waals surface area contributed by atoms with E-state index in [1.54, 1.807) is 4.68 Å². The van der Waals surface area contributed by atoms with Gasteiger partial charge in [0, 0.05) is 5.69 Å². The number of halogens is 3. The van der Waals surface area contributed by atoms with Crippen LogP contribution in [0.25, 0.3) is 5.69 Å². The molecule has 0 fully saturated rings. The Balaban J connectivity index is 1.63. The highest BCUT2D eigenvalue weighted by atomic mass is 32.2. The Morgan fingerprint density at radius 1 is 1.19 bits per heavy atom. The summed E-state index contributed by atoms with van der Waals surface area (Å²) >= 11 is 7.72. The fraction of sp³-hybridized carbons (Fsp3) is 0.118. The summed E-state index contributed by atoms with van der Waals surface area (Å²) in [7, 11) is 0. The van der Waals surface area contributed by atoms with E-state index in [1.165, 1.54) is 35.2 Å². The SMILES string of the molecule is O=C(CSc1nn(-c2ccccc2)c(=S)s1)Nc1cccc(C(F)(F)F)c1. The van der Waals surface area contributed by atoms with Gasteiger partial charge >= 0.3 is 6.18 Å². The number of nitrogens with zero attached hydrogens (tertiary/aromatic N) is 2. The molecule has 1 N–H and O–H groups in total. The Morgan fingerprint density at radius 3 is 2.63 bits per heavy atom. The number of amides is 1. The van der Waals surface area contributed by atoms with Crippen LogP contribution in [0.5, 0.6) is 0 Å². The number of anilines is 1. The molecule has 3 rings (SSSR count). The van der Waals surface area contributed by atoms with Crippen LogP contribution in [0.3, 0.4) is 0 Å². The third-order valence-corrected chi connectivity index (χ3v) is 5.70. The highest BCUT2D eigenvalue weighted by molar-refractivity contribution is 8.01. The van der Waals surface area contributed by atoms with Gasteiger partial charge in [-0.2, -0.15) is 13.2 Å². The molecule has 0 bridgehead atoms. The second-order valence-electron chi connectivity index (χ2n) is 5.30. The van der Waals surface area contributed by atoms with Gasteiger partial charge in [-0.3, -0.25) is 4.79 Å². The quantitative estimate of drug-likeness (QED) is 0.437. The second-order valence-corrected chi connectivity index (χ2v) is 8.14. The summed E-state index contributed by atoms with van der Waals surface area (Å²) < 4.78 is 40.9. The number of carbonyl (C=O) groups excluding carboxylic acids is 1. The van der Waals surface area contributed by atoms with Gasteiger partial charge in [0.25, 0.3) is 0 Å². The summed E-state index contributed by atoms with van der Waals surface area (Å²) in [5.74, 6) is -0.417. The Hall–Kier alpha value is -2.17. The zero-order valence-corrected chi connectivity index (χ0v) is 16.0. The number of rotatable bonds is 5. The summed E-state index contributed by atoms with van der Waals surface area (Å²) in [4.78, 5) is 12.0. The molecule has 27 heavy (non-hydrogen) atoms. The number of carbonyl (C=O) groups is 1. The van der Waals surface area contributed by atoms with Crippen LogP contribution in [0.4, 0.5) is 18.9 Å². The molecule has 0 saturated carbocycles. The van der Waals surface area contributed by atoms with Crippen molar-refractivity contribution in [2.24, 2.45) is 0 Å². The molecule has 0 aliphatic rings. The lowest BCUT2D eigenvalue weighted by Gasteiger charge is -2.09. The third kappa shape index (κ3) is 5.18. The minimum atomic E-state index is -4.46. The number of nitrogens with one attached hydrogen (secondary N) is 1. The molecule has 140 valence electrons. The van der Waals surface area contributed by atoms with Crippen molar-refractivity contribution < 1.29 is 18.0 Å². The van der Waals surface area contributed by atoms with E-state index in [0.717, 1.165) is 17.8 Å². The van der Waals surface area contributed by atoms with E-state index in [9.17, 15) is 18.0 Å². The van der Waals surface area contributed by atoms with E-state index in [0.29, 0.717) is 8.29 Å². The fourth-order valence-corrected chi connectivity index (χ4v) is 4.31. The molecule has 0 radical (unpaired) electrons. The van der Waals surface area contributed by atoms with Crippen LogP contribution < -0.4 is 5.32 Å². The lowest BCUT2D eigenvalue weighted by Crippen LogP contribution is -2.15. The van der Waals surface area contributed by atoms with E-state index >= 15 is 0 Å². The van der Waals surface area contributed by atoms with Crippen LogP contribution in [-0.4, -0.2) is 21.4 Å². The van der Waals surface area contributed by atoms with Crippen LogP contribution in [-0.2, 0) is 11.0 Å². The minimum absolute atomic E-state index is 0.00726. The molecule has 3 aromatic rings. The summed E-state index contributed by atoms with van der Waals surface area (Å²) in [5.41, 5.74) is 0.101. The van der Waals surface area contributed by atoms with Gasteiger partial charge in [0.05, 0.1) is 17.0 Å². The fourth-order valence-electron chi connectivity index (χ4n) is 2.15. The summed E-state index contributed by atoms with van der Waals surface area (Å²) in [6.07, 6.45) is -4.46. The summed E-state index contributed by atoms with van der Waals surface area (Å²) in [6.45, 7) is 0. The first-order chi connectivity index (χ1) is 12.8. The maximum Gasteiger partial charge on any atom is 0.416 e. The molecule has 1 amide bonds. The Morgan fingerprint density at radius 2 is 1.93 bits per heavy atom.